The zero-order valence-corrected chi connectivity index (χ0v) is 8.64. The maximum Gasteiger partial charge on any atom is 0.258 e. The van der Waals surface area contributed by atoms with Crippen LogP contribution in [0.3, 0.4) is 0 Å². The number of amides is 1. The number of hydrogen-bond acceptors (Lipinski definition) is 4. The van der Waals surface area contributed by atoms with Gasteiger partial charge in [-0.15, -0.1) is 0 Å². The van der Waals surface area contributed by atoms with E-state index in [9.17, 15) is 4.79 Å². The number of anilines is 1. The smallest absolute Gasteiger partial charge is 0.258 e. The number of carbonyl (C=O) groups excluding carboxylic acids is 1. The quantitative estimate of drug-likeness (QED) is 0.854. The summed E-state index contributed by atoms with van der Waals surface area (Å²) in [6, 6.07) is 4.97. The van der Waals surface area contributed by atoms with Crippen molar-refractivity contribution in [2.75, 3.05) is 12.4 Å². The van der Waals surface area contributed by atoms with Crippen LogP contribution in [0.1, 0.15) is 10.4 Å². The van der Waals surface area contributed by atoms with E-state index in [4.69, 9.17) is 9.15 Å². The summed E-state index contributed by atoms with van der Waals surface area (Å²) in [6.07, 6.45) is 4.35. The normalized spacial score (nSPS) is 9.81. The van der Waals surface area contributed by atoms with Crippen molar-refractivity contribution in [1.29, 1.82) is 0 Å². The van der Waals surface area contributed by atoms with Crippen molar-refractivity contribution in [2.45, 2.75) is 0 Å². The van der Waals surface area contributed by atoms with E-state index in [-0.39, 0.29) is 5.91 Å². The van der Waals surface area contributed by atoms with E-state index < -0.39 is 0 Å². The molecule has 0 aliphatic carbocycles. The molecule has 0 atom stereocenters. The highest BCUT2D eigenvalue weighted by molar-refractivity contribution is 6.03. The number of nitrogens with one attached hydrogen (secondary N) is 1. The lowest BCUT2D eigenvalue weighted by Crippen LogP contribution is -2.10. The van der Waals surface area contributed by atoms with Crippen molar-refractivity contribution in [2.24, 2.45) is 0 Å². The molecule has 5 heteroatoms. The first-order chi connectivity index (χ1) is 7.79. The van der Waals surface area contributed by atoms with Gasteiger partial charge in [0, 0.05) is 6.07 Å². The second-order valence-corrected chi connectivity index (χ2v) is 3.06. The van der Waals surface area contributed by atoms with Gasteiger partial charge >= 0.3 is 0 Å². The molecule has 2 aromatic heterocycles. The van der Waals surface area contributed by atoms with E-state index in [2.05, 4.69) is 10.3 Å². The van der Waals surface area contributed by atoms with Crippen LogP contribution in [0, 0.1) is 0 Å². The summed E-state index contributed by atoms with van der Waals surface area (Å²) in [4.78, 5) is 15.6. The van der Waals surface area contributed by atoms with Gasteiger partial charge < -0.3 is 14.5 Å². The summed E-state index contributed by atoms with van der Waals surface area (Å²) in [5.41, 5.74) is 1.07. The highest BCUT2D eigenvalue weighted by Gasteiger charge is 2.07. The van der Waals surface area contributed by atoms with E-state index in [1.54, 1.807) is 18.2 Å². The second kappa shape index (κ2) is 4.48. The number of rotatable bonds is 3. The van der Waals surface area contributed by atoms with Gasteiger partial charge in [-0.2, -0.15) is 0 Å². The number of carbonyl (C=O) groups is 1. The summed E-state index contributed by atoms with van der Waals surface area (Å²) in [6.45, 7) is 0. The summed E-state index contributed by atoms with van der Waals surface area (Å²) >= 11 is 0. The second-order valence-electron chi connectivity index (χ2n) is 3.06. The lowest BCUT2D eigenvalue weighted by molar-refractivity contribution is 0.102. The van der Waals surface area contributed by atoms with E-state index in [0.717, 1.165) is 0 Å². The van der Waals surface area contributed by atoms with Crippen molar-refractivity contribution >= 4 is 11.6 Å². The van der Waals surface area contributed by atoms with Crippen LogP contribution < -0.4 is 10.1 Å². The lowest BCUT2D eigenvalue weighted by Gasteiger charge is -2.03. The van der Waals surface area contributed by atoms with Crippen LogP contribution in [0.25, 0.3) is 0 Å². The molecule has 0 aliphatic heterocycles. The molecule has 82 valence electrons. The molecule has 16 heavy (non-hydrogen) atoms. The Morgan fingerprint density at radius 3 is 2.88 bits per heavy atom. The van der Waals surface area contributed by atoms with E-state index in [0.29, 0.717) is 17.1 Å². The maximum absolute atomic E-state index is 11.6. The Kier molecular flexibility index (Phi) is 2.86. The third-order valence-electron chi connectivity index (χ3n) is 1.99. The van der Waals surface area contributed by atoms with Gasteiger partial charge in [0.15, 0.2) is 0 Å². The molecule has 0 saturated carbocycles. The largest absolute Gasteiger partial charge is 0.481 e. The van der Waals surface area contributed by atoms with Gasteiger partial charge in [-0.05, 0) is 12.1 Å². The molecular formula is C11H10N2O3. The third-order valence-corrected chi connectivity index (χ3v) is 1.99. The number of hydrogen-bond donors (Lipinski definition) is 1. The third kappa shape index (κ3) is 2.20. The predicted octanol–water partition coefficient (Wildman–Crippen LogP) is 1.94. The fourth-order valence-electron chi connectivity index (χ4n) is 1.17. The summed E-state index contributed by atoms with van der Waals surface area (Å²) < 4.78 is 9.72. The molecule has 5 nitrogen and oxygen atoms in total. The number of ether oxygens (including phenoxy) is 1. The molecule has 0 saturated heterocycles. The molecule has 1 N–H and O–H groups in total. The Balaban J connectivity index is 2.06. The van der Waals surface area contributed by atoms with Crippen molar-refractivity contribution in [3.63, 3.8) is 0 Å². The van der Waals surface area contributed by atoms with Gasteiger partial charge in [0.05, 0.1) is 30.8 Å². The molecule has 1 amide bonds. The predicted molar refractivity (Wildman–Crippen MR) is 57.5 cm³/mol. The minimum Gasteiger partial charge on any atom is -0.481 e. The standard InChI is InChI=1S/C11H10N2O3/c1-15-10-3-2-9(6-12-10)13-11(14)8-4-5-16-7-8/h2-7H,1H3,(H,13,14). The van der Waals surface area contributed by atoms with Gasteiger partial charge in [-0.1, -0.05) is 0 Å². The SMILES string of the molecule is COc1ccc(NC(=O)c2ccoc2)cn1. The molecule has 0 fully saturated rings. The summed E-state index contributed by atoms with van der Waals surface area (Å²) in [5, 5.41) is 2.68. The van der Waals surface area contributed by atoms with Crippen LogP contribution in [-0.4, -0.2) is 18.0 Å². The molecular weight excluding hydrogens is 208 g/mol. The highest BCUT2D eigenvalue weighted by Crippen LogP contribution is 2.12. The molecule has 0 aliphatic rings. The number of furan rings is 1. The van der Waals surface area contributed by atoms with Crippen molar-refractivity contribution in [3.05, 3.63) is 42.5 Å². The van der Waals surface area contributed by atoms with E-state index in [1.165, 1.54) is 25.8 Å². The topological polar surface area (TPSA) is 64.4 Å². The molecule has 2 aromatic rings. The average Bonchev–Trinajstić information content (AvgIpc) is 2.83. The van der Waals surface area contributed by atoms with Gasteiger partial charge in [-0.25, -0.2) is 4.98 Å². The molecule has 0 unspecified atom stereocenters. The van der Waals surface area contributed by atoms with Crippen LogP contribution in [0.15, 0.2) is 41.3 Å². The van der Waals surface area contributed by atoms with E-state index in [1.807, 2.05) is 0 Å². The van der Waals surface area contributed by atoms with Crippen LogP contribution in [0.5, 0.6) is 5.88 Å². The average molecular weight is 218 g/mol. The molecule has 0 radical (unpaired) electrons. The summed E-state index contributed by atoms with van der Waals surface area (Å²) in [5.74, 6) is 0.266. The van der Waals surface area contributed by atoms with Crippen LogP contribution in [0.4, 0.5) is 5.69 Å². The number of nitrogens with zero attached hydrogens (tertiary/aromatic N) is 1. The molecule has 0 spiro atoms. The van der Waals surface area contributed by atoms with Gasteiger partial charge in [0.1, 0.15) is 6.26 Å². The van der Waals surface area contributed by atoms with Crippen molar-refractivity contribution in [3.8, 4) is 5.88 Å². The molecule has 0 aromatic carbocycles. The Hall–Kier alpha value is -2.30. The first kappa shape index (κ1) is 10.2. The van der Waals surface area contributed by atoms with Crippen LogP contribution in [-0.2, 0) is 0 Å². The molecule has 0 bridgehead atoms. The van der Waals surface area contributed by atoms with E-state index >= 15 is 0 Å². The zero-order chi connectivity index (χ0) is 11.4. The number of aromatic nitrogens is 1. The number of methoxy groups -OCH3 is 1. The van der Waals surface area contributed by atoms with Gasteiger partial charge in [0.25, 0.3) is 5.91 Å². The van der Waals surface area contributed by atoms with Gasteiger partial charge in [-0.3, -0.25) is 4.79 Å². The first-order valence-electron chi connectivity index (χ1n) is 4.63. The van der Waals surface area contributed by atoms with Crippen LogP contribution in [0.2, 0.25) is 0 Å². The van der Waals surface area contributed by atoms with Crippen molar-refractivity contribution in [1.82, 2.24) is 4.98 Å². The molecule has 2 rings (SSSR count). The Morgan fingerprint density at radius 1 is 1.44 bits per heavy atom. The number of pyridine rings is 1. The van der Waals surface area contributed by atoms with Gasteiger partial charge in [0.2, 0.25) is 5.88 Å². The minimum absolute atomic E-state index is 0.235. The Morgan fingerprint density at radius 2 is 2.31 bits per heavy atom. The molecule has 2 heterocycles. The maximum atomic E-state index is 11.6. The van der Waals surface area contributed by atoms with Crippen molar-refractivity contribution < 1.29 is 13.9 Å². The fourth-order valence-corrected chi connectivity index (χ4v) is 1.17. The summed E-state index contributed by atoms with van der Waals surface area (Å²) in [7, 11) is 1.53. The Labute approximate surface area is 92.1 Å². The van der Waals surface area contributed by atoms with Crippen LogP contribution >= 0.6 is 0 Å². The minimum atomic E-state index is -0.235. The fraction of sp³-hybridized carbons (Fsp3) is 0.0909. The Bertz CT molecular complexity index is 462. The zero-order valence-electron chi connectivity index (χ0n) is 8.64. The monoisotopic (exact) mass is 218 g/mol. The lowest BCUT2D eigenvalue weighted by atomic mass is 10.3. The first-order valence-corrected chi connectivity index (χ1v) is 4.63. The highest BCUT2D eigenvalue weighted by atomic mass is 16.5.